The number of ether oxygens (including phenoxy) is 12. The van der Waals surface area contributed by atoms with E-state index < -0.39 is 67.7 Å². The van der Waals surface area contributed by atoms with Gasteiger partial charge >= 0.3 is 5.97 Å². The summed E-state index contributed by atoms with van der Waals surface area (Å²) in [5.74, 6) is -0.169. The zero-order valence-corrected chi connectivity index (χ0v) is 37.9. The van der Waals surface area contributed by atoms with Gasteiger partial charge in [0.2, 0.25) is 0 Å². The standard InChI is InChI=1S/C52H66O13/c1-54-35-41-44(58-32-37-22-12-8-13-23-37)47(59-33-38-24-14-9-15-25-38)48(60-34-39-26-16-10-17-27-39)52(63-41)65-49-46(56-3)45-42(36-61-50(64-45)40-28-18-11-19-29-40)62-51(49)57-31-21-7-5-4-6-20-30-43(53)55-2/h8-19,22-29,41-42,44-52H,4-7,20-21,30-36H2,1-3H3/t41-,42-,44-,45-,46+,47+,48-,49-,50?,51+,52-/m1/s1. The van der Waals surface area contributed by atoms with E-state index in [0.717, 1.165) is 60.8 Å². The first kappa shape index (κ1) is 48.8. The topological polar surface area (TPSA) is 128 Å². The van der Waals surface area contributed by atoms with Gasteiger partial charge in [-0.25, -0.2) is 0 Å². The molecule has 0 bridgehead atoms. The second-order valence-electron chi connectivity index (χ2n) is 16.6. The lowest BCUT2D eigenvalue weighted by molar-refractivity contribution is -0.399. The average Bonchev–Trinajstić information content (AvgIpc) is 3.35. The van der Waals surface area contributed by atoms with Gasteiger partial charge in [0.05, 0.1) is 40.1 Å². The molecule has 0 aromatic heterocycles. The minimum atomic E-state index is -1.03. The first-order chi connectivity index (χ1) is 32.0. The van der Waals surface area contributed by atoms with Crippen molar-refractivity contribution in [1.29, 1.82) is 0 Å². The van der Waals surface area contributed by atoms with E-state index in [9.17, 15) is 4.79 Å². The molecule has 13 heteroatoms. The molecule has 0 aliphatic carbocycles. The van der Waals surface area contributed by atoms with Gasteiger partial charge in [-0.05, 0) is 29.5 Å². The Balaban J connectivity index is 1.16. The van der Waals surface area contributed by atoms with E-state index in [1.807, 2.05) is 121 Å². The lowest BCUT2D eigenvalue weighted by Crippen LogP contribution is -2.67. The molecule has 0 amide bonds. The summed E-state index contributed by atoms with van der Waals surface area (Å²) < 4.78 is 77.9. The molecule has 0 radical (unpaired) electrons. The molecular weight excluding hydrogens is 833 g/mol. The van der Waals surface area contributed by atoms with Crippen LogP contribution >= 0.6 is 0 Å². The Labute approximate surface area is 383 Å². The van der Waals surface area contributed by atoms with Gasteiger partial charge in [-0.15, -0.1) is 0 Å². The number of methoxy groups -OCH3 is 3. The molecule has 352 valence electrons. The Morgan fingerprint density at radius 2 is 1.11 bits per heavy atom. The summed E-state index contributed by atoms with van der Waals surface area (Å²) in [6.07, 6.45) is -1.88. The predicted octanol–water partition coefficient (Wildman–Crippen LogP) is 8.27. The van der Waals surface area contributed by atoms with Gasteiger partial charge in [0.25, 0.3) is 0 Å². The molecule has 4 aromatic rings. The fourth-order valence-corrected chi connectivity index (χ4v) is 8.56. The monoisotopic (exact) mass is 898 g/mol. The molecular formula is C52H66O13. The van der Waals surface area contributed by atoms with Gasteiger partial charge in [-0.2, -0.15) is 0 Å². The van der Waals surface area contributed by atoms with Crippen molar-refractivity contribution in [3.8, 4) is 0 Å². The Hall–Kier alpha value is -4.09. The molecule has 11 atom stereocenters. The van der Waals surface area contributed by atoms with Gasteiger partial charge in [-0.3, -0.25) is 4.79 Å². The molecule has 0 saturated carbocycles. The van der Waals surface area contributed by atoms with Crippen LogP contribution in [0, 0.1) is 0 Å². The molecule has 0 N–H and O–H groups in total. The molecule has 3 saturated heterocycles. The van der Waals surface area contributed by atoms with Crippen LogP contribution in [0.2, 0.25) is 0 Å². The normalized spacial score (nSPS) is 27.8. The summed E-state index contributed by atoms with van der Waals surface area (Å²) in [5.41, 5.74) is 3.86. The van der Waals surface area contributed by atoms with Crippen molar-refractivity contribution in [3.63, 3.8) is 0 Å². The number of esters is 1. The van der Waals surface area contributed by atoms with E-state index in [1.54, 1.807) is 14.2 Å². The highest BCUT2D eigenvalue weighted by molar-refractivity contribution is 5.68. The van der Waals surface area contributed by atoms with Crippen LogP contribution in [0.1, 0.15) is 73.5 Å². The first-order valence-electron chi connectivity index (χ1n) is 23.0. The second kappa shape index (κ2) is 26.3. The molecule has 1 unspecified atom stereocenters. The maximum absolute atomic E-state index is 11.5. The fraction of sp³-hybridized carbons (Fsp3) is 0.519. The van der Waals surface area contributed by atoms with Gasteiger partial charge in [0.1, 0.15) is 48.8 Å². The van der Waals surface area contributed by atoms with E-state index >= 15 is 0 Å². The average molecular weight is 899 g/mol. The third kappa shape index (κ3) is 14.2. The van der Waals surface area contributed by atoms with Crippen molar-refractivity contribution >= 4 is 5.97 Å². The molecule has 65 heavy (non-hydrogen) atoms. The fourth-order valence-electron chi connectivity index (χ4n) is 8.56. The Morgan fingerprint density at radius 1 is 0.554 bits per heavy atom. The van der Waals surface area contributed by atoms with E-state index in [-0.39, 0.29) is 32.4 Å². The predicted molar refractivity (Wildman–Crippen MR) is 240 cm³/mol. The minimum Gasteiger partial charge on any atom is -0.469 e. The number of fused-ring (bicyclic) bond motifs is 1. The summed E-state index contributed by atoms with van der Waals surface area (Å²) in [5, 5.41) is 0. The summed E-state index contributed by atoms with van der Waals surface area (Å²) in [7, 11) is 4.71. The molecule has 3 heterocycles. The van der Waals surface area contributed by atoms with Gasteiger partial charge in [0, 0.05) is 32.8 Å². The number of hydrogen-bond acceptors (Lipinski definition) is 13. The van der Waals surface area contributed by atoms with Gasteiger partial charge in [-0.1, -0.05) is 147 Å². The lowest BCUT2D eigenvalue weighted by Gasteiger charge is -2.51. The van der Waals surface area contributed by atoms with E-state index in [2.05, 4.69) is 0 Å². The van der Waals surface area contributed by atoms with Crippen molar-refractivity contribution in [2.45, 2.75) is 132 Å². The SMILES string of the molecule is COC[C@H]1O[C@H](O[C@H]2[C@@H](OCCCCCCCCC(=O)OC)O[C@@H]3COC(c4ccccc4)O[C@H]3[C@@H]2OC)[C@H](OCc2ccccc2)[C@@H](OCc2ccccc2)[C@@H]1OCc1ccccc1. The number of carbonyl (C=O) groups is 1. The number of unbranched alkanes of at least 4 members (excludes halogenated alkanes) is 5. The van der Waals surface area contributed by atoms with Crippen molar-refractivity contribution in [2.75, 3.05) is 41.2 Å². The largest absolute Gasteiger partial charge is 0.469 e. The zero-order chi connectivity index (χ0) is 45.1. The van der Waals surface area contributed by atoms with Crippen LogP contribution in [-0.4, -0.2) is 109 Å². The highest BCUT2D eigenvalue weighted by Crippen LogP contribution is 2.39. The molecule has 0 spiro atoms. The van der Waals surface area contributed by atoms with E-state index in [0.29, 0.717) is 19.6 Å². The number of benzene rings is 4. The minimum absolute atomic E-state index is 0.169. The van der Waals surface area contributed by atoms with Crippen LogP contribution in [-0.2, 0) is 81.5 Å². The highest BCUT2D eigenvalue weighted by atomic mass is 16.8. The maximum atomic E-state index is 11.5. The van der Waals surface area contributed by atoms with Gasteiger partial charge < -0.3 is 56.8 Å². The van der Waals surface area contributed by atoms with Crippen LogP contribution in [0.3, 0.4) is 0 Å². The molecule has 7 rings (SSSR count). The lowest BCUT2D eigenvalue weighted by atomic mass is 9.95. The van der Waals surface area contributed by atoms with Crippen LogP contribution in [0.25, 0.3) is 0 Å². The Morgan fingerprint density at radius 3 is 1.69 bits per heavy atom. The Kier molecular flexibility index (Phi) is 19.8. The van der Waals surface area contributed by atoms with Crippen molar-refractivity contribution in [1.82, 2.24) is 0 Å². The van der Waals surface area contributed by atoms with Crippen LogP contribution in [0.15, 0.2) is 121 Å². The zero-order valence-electron chi connectivity index (χ0n) is 37.9. The summed E-state index contributed by atoms with van der Waals surface area (Å²) in [4.78, 5) is 11.5. The van der Waals surface area contributed by atoms with Crippen LogP contribution < -0.4 is 0 Å². The molecule has 3 fully saturated rings. The number of carbonyl (C=O) groups excluding carboxylic acids is 1. The van der Waals surface area contributed by atoms with Crippen LogP contribution in [0.4, 0.5) is 0 Å². The highest BCUT2D eigenvalue weighted by Gasteiger charge is 2.55. The van der Waals surface area contributed by atoms with Crippen molar-refractivity contribution < 1.29 is 61.6 Å². The quantitative estimate of drug-likeness (QED) is 0.0468. The molecule has 3 aliphatic heterocycles. The number of hydrogen-bond donors (Lipinski definition) is 0. The molecule has 3 aliphatic rings. The maximum Gasteiger partial charge on any atom is 0.305 e. The van der Waals surface area contributed by atoms with E-state index in [4.69, 9.17) is 56.8 Å². The molecule has 13 nitrogen and oxygen atoms in total. The smallest absolute Gasteiger partial charge is 0.305 e. The second-order valence-corrected chi connectivity index (χ2v) is 16.6. The Bertz CT molecular complexity index is 1910. The van der Waals surface area contributed by atoms with Crippen molar-refractivity contribution in [3.05, 3.63) is 144 Å². The summed E-state index contributed by atoms with van der Waals surface area (Å²) in [6.45, 7) is 1.72. The summed E-state index contributed by atoms with van der Waals surface area (Å²) in [6, 6.07) is 39.8. The van der Waals surface area contributed by atoms with Crippen LogP contribution in [0.5, 0.6) is 0 Å². The third-order valence-electron chi connectivity index (χ3n) is 12.0. The third-order valence-corrected chi connectivity index (χ3v) is 12.0. The van der Waals surface area contributed by atoms with Gasteiger partial charge in [0.15, 0.2) is 18.9 Å². The van der Waals surface area contributed by atoms with Crippen molar-refractivity contribution in [2.24, 2.45) is 0 Å². The molecule has 4 aromatic carbocycles. The summed E-state index contributed by atoms with van der Waals surface area (Å²) >= 11 is 0. The first-order valence-corrected chi connectivity index (χ1v) is 23.0. The number of rotatable bonds is 25. The van der Waals surface area contributed by atoms with E-state index in [1.165, 1.54) is 7.11 Å².